The number of nitrogens with zero attached hydrogens (tertiary/aromatic N) is 1. The van der Waals surface area contributed by atoms with Gasteiger partial charge in [0.15, 0.2) is 5.60 Å². The molecule has 0 bridgehead atoms. The minimum absolute atomic E-state index is 0.0620. The summed E-state index contributed by atoms with van der Waals surface area (Å²) in [7, 11) is 0. The summed E-state index contributed by atoms with van der Waals surface area (Å²) in [6.45, 7) is -0.197. The van der Waals surface area contributed by atoms with Crippen LogP contribution in [0, 0.1) is 5.92 Å². The summed E-state index contributed by atoms with van der Waals surface area (Å²) < 4.78 is 52.1. The van der Waals surface area contributed by atoms with Gasteiger partial charge in [-0.3, -0.25) is 4.79 Å². The van der Waals surface area contributed by atoms with Crippen molar-refractivity contribution in [2.24, 2.45) is 5.92 Å². The number of carbonyl (C=O) groups is 3. The first kappa shape index (κ1) is 19.4. The topological polar surface area (TPSA) is 72.9 Å². The van der Waals surface area contributed by atoms with Crippen LogP contribution < -0.4 is 0 Å². The van der Waals surface area contributed by atoms with Gasteiger partial charge in [-0.2, -0.15) is 13.2 Å². The molecule has 2 atom stereocenters. The average molecular weight is 448 g/mol. The van der Waals surface area contributed by atoms with E-state index in [0.29, 0.717) is 9.37 Å². The molecule has 2 heterocycles. The lowest BCUT2D eigenvalue weighted by Gasteiger charge is -2.36. The molecule has 10 heteroatoms. The molecule has 2 aliphatic rings. The molecule has 6 nitrogen and oxygen atoms in total. The molecule has 144 valence electrons. The molecule has 1 aromatic rings. The van der Waals surface area contributed by atoms with E-state index in [9.17, 15) is 27.6 Å². The Morgan fingerprint density at radius 3 is 2.41 bits per heavy atom. The Morgan fingerprint density at radius 1 is 1.26 bits per heavy atom. The van der Waals surface area contributed by atoms with Gasteiger partial charge in [0.25, 0.3) is 0 Å². The SMILES string of the molecule is O=C1C=C[C@@](c2ccc(Br)cc2)([C@H](CC(=O)N2CCOC2=O)C(F)(F)F)O1. The third-order valence-electron chi connectivity index (χ3n) is 4.39. The van der Waals surface area contributed by atoms with Gasteiger partial charge in [-0.15, -0.1) is 0 Å². The average Bonchev–Trinajstić information content (AvgIpc) is 3.18. The third kappa shape index (κ3) is 3.71. The Kier molecular flexibility index (Phi) is 5.02. The Balaban J connectivity index is 2.01. The van der Waals surface area contributed by atoms with Gasteiger partial charge in [-0.05, 0) is 18.2 Å². The summed E-state index contributed by atoms with van der Waals surface area (Å²) in [6, 6.07) is 5.76. The molecule has 0 spiro atoms. The molecule has 2 aliphatic heterocycles. The van der Waals surface area contributed by atoms with Crippen LogP contribution in [0.2, 0.25) is 0 Å². The van der Waals surface area contributed by atoms with Crippen LogP contribution in [0.3, 0.4) is 0 Å². The van der Waals surface area contributed by atoms with Crippen LogP contribution in [0.15, 0.2) is 40.9 Å². The number of hydrogen-bond donors (Lipinski definition) is 0. The van der Waals surface area contributed by atoms with Crippen LogP contribution in [-0.2, 0) is 24.7 Å². The molecule has 2 amide bonds. The molecule has 0 radical (unpaired) electrons. The fourth-order valence-corrected chi connectivity index (χ4v) is 3.36. The van der Waals surface area contributed by atoms with Crippen LogP contribution in [0.1, 0.15) is 12.0 Å². The number of esters is 1. The minimum atomic E-state index is -4.89. The van der Waals surface area contributed by atoms with Crippen LogP contribution >= 0.6 is 15.9 Å². The summed E-state index contributed by atoms with van der Waals surface area (Å²) in [5.41, 5.74) is -2.14. The van der Waals surface area contributed by atoms with Crippen molar-refractivity contribution in [2.75, 3.05) is 13.2 Å². The van der Waals surface area contributed by atoms with Gasteiger partial charge in [-0.1, -0.05) is 28.1 Å². The van der Waals surface area contributed by atoms with Crippen LogP contribution in [0.5, 0.6) is 0 Å². The summed E-state index contributed by atoms with van der Waals surface area (Å²) in [5.74, 6) is -4.37. The van der Waals surface area contributed by atoms with Crippen molar-refractivity contribution in [1.29, 1.82) is 0 Å². The molecule has 0 N–H and O–H groups in total. The number of carbonyl (C=O) groups excluding carboxylic acids is 3. The normalized spacial score (nSPS) is 23.3. The smallest absolute Gasteiger partial charge is 0.416 e. The molecule has 0 aliphatic carbocycles. The molecule has 0 saturated carbocycles. The highest BCUT2D eigenvalue weighted by atomic mass is 79.9. The monoisotopic (exact) mass is 447 g/mol. The molecule has 1 fully saturated rings. The van der Waals surface area contributed by atoms with Gasteiger partial charge >= 0.3 is 18.2 Å². The first-order valence-corrected chi connectivity index (χ1v) is 8.65. The minimum Gasteiger partial charge on any atom is -0.447 e. The number of alkyl halides is 3. The quantitative estimate of drug-likeness (QED) is 0.662. The molecule has 0 unspecified atom stereocenters. The van der Waals surface area contributed by atoms with Crippen molar-refractivity contribution in [3.05, 3.63) is 46.5 Å². The second kappa shape index (κ2) is 6.99. The number of benzene rings is 1. The van der Waals surface area contributed by atoms with E-state index in [1.165, 1.54) is 24.3 Å². The molecule has 3 rings (SSSR count). The van der Waals surface area contributed by atoms with Crippen molar-refractivity contribution in [3.8, 4) is 0 Å². The van der Waals surface area contributed by atoms with Gasteiger partial charge in [0, 0.05) is 22.5 Å². The maximum Gasteiger partial charge on any atom is 0.416 e. The summed E-state index contributed by atoms with van der Waals surface area (Å²) in [6.07, 6.45) is -5.05. The van der Waals surface area contributed by atoms with Crippen LogP contribution in [0.4, 0.5) is 18.0 Å². The highest BCUT2D eigenvalue weighted by Gasteiger charge is 2.58. The largest absolute Gasteiger partial charge is 0.447 e. The van der Waals surface area contributed by atoms with Crippen molar-refractivity contribution in [1.82, 2.24) is 4.90 Å². The number of amides is 2. The second-order valence-corrected chi connectivity index (χ2v) is 6.93. The maximum atomic E-state index is 13.9. The van der Waals surface area contributed by atoms with E-state index in [4.69, 9.17) is 4.74 Å². The fraction of sp³-hybridized carbons (Fsp3) is 0.353. The zero-order valence-corrected chi connectivity index (χ0v) is 15.2. The highest BCUT2D eigenvalue weighted by molar-refractivity contribution is 9.10. The highest BCUT2D eigenvalue weighted by Crippen LogP contribution is 2.48. The van der Waals surface area contributed by atoms with Crippen LogP contribution in [0.25, 0.3) is 0 Å². The predicted molar refractivity (Wildman–Crippen MR) is 88.3 cm³/mol. The lowest BCUT2D eigenvalue weighted by molar-refractivity contribution is -0.226. The van der Waals surface area contributed by atoms with Gasteiger partial charge < -0.3 is 9.47 Å². The third-order valence-corrected chi connectivity index (χ3v) is 4.91. The Bertz CT molecular complexity index is 808. The summed E-state index contributed by atoms with van der Waals surface area (Å²) in [5, 5.41) is 0. The van der Waals surface area contributed by atoms with Crippen LogP contribution in [-0.4, -0.2) is 42.2 Å². The first-order valence-electron chi connectivity index (χ1n) is 7.85. The lowest BCUT2D eigenvalue weighted by atomic mass is 9.78. The standard InChI is InChI=1S/C17H13BrF3NO5/c18-11-3-1-10(2-4-11)16(6-5-14(24)27-16)12(17(19,20)21)9-13(23)22-7-8-26-15(22)25/h1-6,12H,7-9H2/t12-,16+/m0/s1. The zero-order chi connectivity index (χ0) is 19.8. The molecule has 0 aromatic heterocycles. The number of halogens is 4. The van der Waals surface area contributed by atoms with Crippen molar-refractivity contribution < 1.29 is 37.0 Å². The Hall–Kier alpha value is -2.36. The van der Waals surface area contributed by atoms with Gasteiger partial charge in [0.1, 0.15) is 12.5 Å². The number of rotatable bonds is 4. The fourth-order valence-electron chi connectivity index (χ4n) is 3.10. The van der Waals surface area contributed by atoms with Crippen molar-refractivity contribution in [2.45, 2.75) is 18.2 Å². The zero-order valence-electron chi connectivity index (χ0n) is 13.7. The van der Waals surface area contributed by atoms with E-state index in [0.717, 1.165) is 12.2 Å². The summed E-state index contributed by atoms with van der Waals surface area (Å²) in [4.78, 5) is 36.1. The summed E-state index contributed by atoms with van der Waals surface area (Å²) >= 11 is 3.19. The van der Waals surface area contributed by atoms with Gasteiger partial charge in [0.2, 0.25) is 5.91 Å². The molecule has 1 aromatic carbocycles. The van der Waals surface area contributed by atoms with E-state index in [1.54, 1.807) is 0 Å². The molecular formula is C17H13BrF3NO5. The van der Waals surface area contributed by atoms with Gasteiger partial charge in [-0.25, -0.2) is 14.5 Å². The number of cyclic esters (lactones) is 2. The maximum absolute atomic E-state index is 13.9. The molecular weight excluding hydrogens is 435 g/mol. The van der Waals surface area contributed by atoms with Crippen molar-refractivity contribution >= 4 is 33.9 Å². The van der Waals surface area contributed by atoms with E-state index >= 15 is 0 Å². The second-order valence-electron chi connectivity index (χ2n) is 6.01. The van der Waals surface area contributed by atoms with E-state index in [2.05, 4.69) is 20.7 Å². The van der Waals surface area contributed by atoms with E-state index in [1.807, 2.05) is 0 Å². The predicted octanol–water partition coefficient (Wildman–Crippen LogP) is 3.30. The molecule has 1 saturated heterocycles. The first-order chi connectivity index (χ1) is 12.6. The lowest BCUT2D eigenvalue weighted by Crippen LogP contribution is -2.46. The number of imide groups is 1. The van der Waals surface area contributed by atoms with E-state index in [-0.39, 0.29) is 18.7 Å². The Morgan fingerprint density at radius 2 is 1.93 bits per heavy atom. The number of ether oxygens (including phenoxy) is 2. The van der Waals surface area contributed by atoms with Gasteiger partial charge in [0.05, 0.1) is 6.54 Å². The van der Waals surface area contributed by atoms with Crippen molar-refractivity contribution in [3.63, 3.8) is 0 Å². The molecule has 27 heavy (non-hydrogen) atoms. The van der Waals surface area contributed by atoms with E-state index < -0.39 is 42.1 Å². The number of hydrogen-bond acceptors (Lipinski definition) is 5. The Labute approximate surface area is 160 Å².